The van der Waals surface area contributed by atoms with Gasteiger partial charge in [0, 0.05) is 38.3 Å². The monoisotopic (exact) mass is 440 g/mol. The first kappa shape index (κ1) is 21.6. The quantitative estimate of drug-likeness (QED) is 0.548. The Bertz CT molecular complexity index is 1110. The molecule has 0 radical (unpaired) electrons. The fraction of sp³-hybridized carbons (Fsp3) is 0.273. The number of methoxy groups -OCH3 is 1. The molecule has 32 heavy (non-hydrogen) atoms. The van der Waals surface area contributed by atoms with Crippen molar-refractivity contribution in [1.29, 1.82) is 0 Å². The Morgan fingerprint density at radius 1 is 1.06 bits per heavy atom. The topological polar surface area (TPSA) is 76.4 Å². The van der Waals surface area contributed by atoms with Crippen LogP contribution < -0.4 is 4.74 Å². The summed E-state index contributed by atoms with van der Waals surface area (Å²) in [5.41, 5.74) is 1.27. The standard InChI is InChI=1S/C22H22F2N6O2/c1-32-18-6-2-16(3-7-18)4-9-22(31)29-12-10-28(11-13-29)15-21-25-26-27-30(21)17-5-8-19(23)20(24)14-17/h2-9,14H,10-13,15H2,1H3/b9-4-. The summed E-state index contributed by atoms with van der Waals surface area (Å²) >= 11 is 0. The molecular weight excluding hydrogens is 418 g/mol. The Kier molecular flexibility index (Phi) is 6.50. The second-order valence-electron chi connectivity index (χ2n) is 7.31. The van der Waals surface area contributed by atoms with Gasteiger partial charge in [0.25, 0.3) is 0 Å². The summed E-state index contributed by atoms with van der Waals surface area (Å²) in [6.07, 6.45) is 3.35. The van der Waals surface area contributed by atoms with Crippen LogP contribution in [0.2, 0.25) is 0 Å². The van der Waals surface area contributed by atoms with E-state index in [1.165, 1.54) is 10.7 Å². The fourth-order valence-corrected chi connectivity index (χ4v) is 3.44. The van der Waals surface area contributed by atoms with Gasteiger partial charge in [-0.3, -0.25) is 9.69 Å². The van der Waals surface area contributed by atoms with Crippen LogP contribution in [0.3, 0.4) is 0 Å². The Morgan fingerprint density at radius 3 is 2.50 bits per heavy atom. The highest BCUT2D eigenvalue weighted by Crippen LogP contribution is 2.15. The van der Waals surface area contributed by atoms with Crippen LogP contribution in [0, 0.1) is 11.6 Å². The molecule has 1 fully saturated rings. The zero-order chi connectivity index (χ0) is 22.5. The molecule has 0 aliphatic carbocycles. The van der Waals surface area contributed by atoms with Gasteiger partial charge in [-0.05, 0) is 46.3 Å². The maximum absolute atomic E-state index is 13.6. The van der Waals surface area contributed by atoms with Crippen molar-refractivity contribution in [1.82, 2.24) is 30.0 Å². The van der Waals surface area contributed by atoms with E-state index in [9.17, 15) is 13.6 Å². The van der Waals surface area contributed by atoms with Crippen LogP contribution in [0.15, 0.2) is 48.5 Å². The summed E-state index contributed by atoms with van der Waals surface area (Å²) in [5, 5.41) is 11.6. The molecule has 0 saturated carbocycles. The maximum atomic E-state index is 13.6. The number of aromatic nitrogens is 4. The molecule has 0 unspecified atom stereocenters. The number of ether oxygens (including phenoxy) is 1. The molecule has 1 amide bonds. The first-order chi connectivity index (χ1) is 15.5. The molecule has 1 aliphatic rings. The van der Waals surface area contributed by atoms with Crippen molar-refractivity contribution < 1.29 is 18.3 Å². The molecule has 8 nitrogen and oxygen atoms in total. The number of hydrogen-bond acceptors (Lipinski definition) is 6. The lowest BCUT2D eigenvalue weighted by Gasteiger charge is -2.33. The van der Waals surface area contributed by atoms with Gasteiger partial charge in [-0.2, -0.15) is 4.68 Å². The minimum Gasteiger partial charge on any atom is -0.497 e. The molecule has 1 aromatic heterocycles. The minimum atomic E-state index is -0.959. The molecule has 0 atom stereocenters. The van der Waals surface area contributed by atoms with E-state index in [4.69, 9.17) is 4.74 Å². The van der Waals surface area contributed by atoms with E-state index >= 15 is 0 Å². The van der Waals surface area contributed by atoms with Crippen LogP contribution >= 0.6 is 0 Å². The number of halogens is 2. The Hall–Kier alpha value is -3.66. The van der Waals surface area contributed by atoms with Gasteiger partial charge in [-0.15, -0.1) is 5.10 Å². The van der Waals surface area contributed by atoms with Gasteiger partial charge in [-0.25, -0.2) is 8.78 Å². The second kappa shape index (κ2) is 9.65. The van der Waals surface area contributed by atoms with Crippen molar-refractivity contribution in [3.63, 3.8) is 0 Å². The van der Waals surface area contributed by atoms with E-state index < -0.39 is 11.6 Å². The molecular formula is C22H22F2N6O2. The lowest BCUT2D eigenvalue weighted by Crippen LogP contribution is -2.48. The average molecular weight is 440 g/mol. The minimum absolute atomic E-state index is 0.0490. The molecule has 4 rings (SSSR count). The van der Waals surface area contributed by atoms with Crippen LogP contribution in [-0.2, 0) is 11.3 Å². The zero-order valence-corrected chi connectivity index (χ0v) is 17.5. The predicted molar refractivity (Wildman–Crippen MR) is 113 cm³/mol. The van der Waals surface area contributed by atoms with Crippen molar-refractivity contribution in [2.24, 2.45) is 0 Å². The third-order valence-corrected chi connectivity index (χ3v) is 5.26. The summed E-state index contributed by atoms with van der Waals surface area (Å²) in [5.74, 6) is -0.661. The molecule has 0 spiro atoms. The lowest BCUT2D eigenvalue weighted by molar-refractivity contribution is -0.127. The largest absolute Gasteiger partial charge is 0.497 e. The Labute approximate surface area is 183 Å². The number of carbonyl (C=O) groups is 1. The third kappa shape index (κ3) is 4.97. The average Bonchev–Trinajstić information content (AvgIpc) is 3.28. The van der Waals surface area contributed by atoms with Gasteiger partial charge < -0.3 is 9.64 Å². The molecule has 0 N–H and O–H groups in total. The molecule has 10 heteroatoms. The number of piperazine rings is 1. The molecule has 2 aromatic carbocycles. The summed E-state index contributed by atoms with van der Waals surface area (Å²) in [4.78, 5) is 16.4. The fourth-order valence-electron chi connectivity index (χ4n) is 3.44. The summed E-state index contributed by atoms with van der Waals surface area (Å²) in [6, 6.07) is 11.0. The van der Waals surface area contributed by atoms with Gasteiger partial charge in [0.15, 0.2) is 17.5 Å². The van der Waals surface area contributed by atoms with Crippen LogP contribution in [0.5, 0.6) is 5.75 Å². The highest BCUT2D eigenvalue weighted by molar-refractivity contribution is 5.91. The number of nitrogens with zero attached hydrogens (tertiary/aromatic N) is 6. The third-order valence-electron chi connectivity index (χ3n) is 5.26. The smallest absolute Gasteiger partial charge is 0.246 e. The van der Waals surface area contributed by atoms with Crippen molar-refractivity contribution >= 4 is 12.0 Å². The van der Waals surface area contributed by atoms with E-state index in [1.54, 1.807) is 24.2 Å². The predicted octanol–water partition coefficient (Wildman–Crippen LogP) is 2.31. The summed E-state index contributed by atoms with van der Waals surface area (Å²) in [6.45, 7) is 2.85. The van der Waals surface area contributed by atoms with Gasteiger partial charge >= 0.3 is 0 Å². The van der Waals surface area contributed by atoms with Crippen LogP contribution in [0.4, 0.5) is 8.78 Å². The number of hydrogen-bond donors (Lipinski definition) is 0. The maximum Gasteiger partial charge on any atom is 0.246 e. The van der Waals surface area contributed by atoms with Crippen molar-refractivity contribution in [3.8, 4) is 11.4 Å². The van der Waals surface area contributed by atoms with E-state index in [0.717, 1.165) is 23.4 Å². The molecule has 1 saturated heterocycles. The number of amides is 1. The lowest BCUT2D eigenvalue weighted by atomic mass is 10.2. The first-order valence-corrected chi connectivity index (χ1v) is 10.1. The molecule has 1 aliphatic heterocycles. The Balaban J connectivity index is 1.32. The van der Waals surface area contributed by atoms with Crippen LogP contribution in [0.1, 0.15) is 11.4 Å². The van der Waals surface area contributed by atoms with E-state index in [-0.39, 0.29) is 5.91 Å². The van der Waals surface area contributed by atoms with Crippen LogP contribution in [-0.4, -0.2) is 69.2 Å². The van der Waals surface area contributed by atoms with Gasteiger partial charge in [-0.1, -0.05) is 12.1 Å². The highest BCUT2D eigenvalue weighted by Gasteiger charge is 2.22. The van der Waals surface area contributed by atoms with Gasteiger partial charge in [0.05, 0.1) is 19.3 Å². The highest BCUT2D eigenvalue weighted by atomic mass is 19.2. The normalized spacial score (nSPS) is 14.8. The van der Waals surface area contributed by atoms with Crippen LogP contribution in [0.25, 0.3) is 11.8 Å². The van der Waals surface area contributed by atoms with E-state index in [0.29, 0.717) is 44.2 Å². The second-order valence-corrected chi connectivity index (χ2v) is 7.31. The van der Waals surface area contributed by atoms with E-state index in [2.05, 4.69) is 20.4 Å². The molecule has 3 aromatic rings. The van der Waals surface area contributed by atoms with Crippen molar-refractivity contribution in [2.75, 3.05) is 33.3 Å². The molecule has 2 heterocycles. The Morgan fingerprint density at radius 2 is 1.81 bits per heavy atom. The first-order valence-electron chi connectivity index (χ1n) is 10.1. The molecule has 0 bridgehead atoms. The number of tetrazole rings is 1. The van der Waals surface area contributed by atoms with Gasteiger partial charge in [0.1, 0.15) is 5.75 Å². The number of carbonyl (C=O) groups excluding carboxylic acids is 1. The van der Waals surface area contributed by atoms with Crippen molar-refractivity contribution in [3.05, 3.63) is 71.6 Å². The van der Waals surface area contributed by atoms with Gasteiger partial charge in [0.2, 0.25) is 5.91 Å². The summed E-state index contributed by atoms with van der Waals surface area (Å²) < 4.78 is 33.3. The number of benzene rings is 2. The zero-order valence-electron chi connectivity index (χ0n) is 17.5. The van der Waals surface area contributed by atoms with Crippen molar-refractivity contribution in [2.45, 2.75) is 6.54 Å². The number of rotatable bonds is 6. The van der Waals surface area contributed by atoms with E-state index in [1.807, 2.05) is 24.3 Å². The SMILES string of the molecule is COc1ccc(/C=C\C(=O)N2CCN(Cc3nnnn3-c3ccc(F)c(F)c3)CC2)cc1. The summed E-state index contributed by atoms with van der Waals surface area (Å²) in [7, 11) is 1.61. The molecule has 166 valence electrons.